The average Bonchev–Trinajstić information content (AvgIpc) is 2.66. The topological polar surface area (TPSA) is 81.1 Å². The molecule has 3 N–H and O–H groups in total. The van der Waals surface area contributed by atoms with E-state index in [1.54, 1.807) is 13.1 Å². The number of nitrogen functional groups attached to an aromatic ring is 1. The molecule has 1 atom stereocenters. The molecular weight excluding hydrogens is 326 g/mol. The predicted octanol–water partition coefficient (Wildman–Crippen LogP) is 2.87. The van der Waals surface area contributed by atoms with E-state index in [4.69, 9.17) is 10.8 Å². The number of aliphatic hydroxyl groups excluding tert-OH is 1. The van der Waals surface area contributed by atoms with Gasteiger partial charge in [0.15, 0.2) is 0 Å². The first-order valence-corrected chi connectivity index (χ1v) is 8.60. The minimum atomic E-state index is -0.142. The van der Waals surface area contributed by atoms with Crippen LogP contribution in [0, 0.1) is 0 Å². The van der Waals surface area contributed by atoms with Crippen LogP contribution in [0.25, 0.3) is 11.1 Å². The second-order valence-electron chi connectivity index (χ2n) is 6.60. The van der Waals surface area contributed by atoms with Crippen LogP contribution in [0.1, 0.15) is 29.7 Å². The molecule has 1 heterocycles. The van der Waals surface area contributed by atoms with E-state index in [-0.39, 0.29) is 24.0 Å². The lowest BCUT2D eigenvalue weighted by Crippen LogP contribution is -2.22. The van der Waals surface area contributed by atoms with Crippen LogP contribution >= 0.6 is 0 Å². The van der Waals surface area contributed by atoms with Crippen molar-refractivity contribution >= 4 is 5.95 Å². The summed E-state index contributed by atoms with van der Waals surface area (Å²) in [5.41, 5.74) is 10.7. The molecule has 2 aromatic carbocycles. The van der Waals surface area contributed by atoms with Crippen molar-refractivity contribution in [1.29, 1.82) is 0 Å². The minimum absolute atomic E-state index is 0.0461. The van der Waals surface area contributed by atoms with E-state index in [0.29, 0.717) is 5.69 Å². The molecule has 0 radical (unpaired) electrons. The van der Waals surface area contributed by atoms with Gasteiger partial charge in [-0.05, 0) is 28.7 Å². The van der Waals surface area contributed by atoms with Gasteiger partial charge in [-0.3, -0.25) is 9.36 Å². The lowest BCUT2D eigenvalue weighted by Gasteiger charge is -2.13. The maximum absolute atomic E-state index is 11.9. The monoisotopic (exact) mass is 349 g/mol. The van der Waals surface area contributed by atoms with Crippen LogP contribution in [0.15, 0.2) is 59.4 Å². The summed E-state index contributed by atoms with van der Waals surface area (Å²) in [4.78, 5) is 16.3. The summed E-state index contributed by atoms with van der Waals surface area (Å²) in [7, 11) is 1.62. The van der Waals surface area contributed by atoms with E-state index >= 15 is 0 Å². The highest BCUT2D eigenvalue weighted by Gasteiger charge is 2.12. The van der Waals surface area contributed by atoms with Gasteiger partial charge in [0.25, 0.3) is 5.56 Å². The highest BCUT2D eigenvalue weighted by Crippen LogP contribution is 2.24. The van der Waals surface area contributed by atoms with Gasteiger partial charge >= 0.3 is 0 Å². The average molecular weight is 349 g/mol. The van der Waals surface area contributed by atoms with E-state index in [1.807, 2.05) is 37.3 Å². The summed E-state index contributed by atoms with van der Waals surface area (Å²) in [5.74, 6) is 0.315. The summed E-state index contributed by atoms with van der Waals surface area (Å²) >= 11 is 0. The van der Waals surface area contributed by atoms with E-state index in [1.165, 1.54) is 10.1 Å². The van der Waals surface area contributed by atoms with Crippen LogP contribution in [0.3, 0.4) is 0 Å². The second kappa shape index (κ2) is 7.54. The van der Waals surface area contributed by atoms with Crippen molar-refractivity contribution in [1.82, 2.24) is 9.55 Å². The zero-order valence-corrected chi connectivity index (χ0v) is 15.0. The van der Waals surface area contributed by atoms with Crippen molar-refractivity contribution in [2.75, 3.05) is 5.73 Å². The van der Waals surface area contributed by atoms with Gasteiger partial charge in [-0.25, -0.2) is 4.98 Å². The fourth-order valence-electron chi connectivity index (χ4n) is 2.97. The summed E-state index contributed by atoms with van der Waals surface area (Å²) < 4.78 is 1.34. The molecule has 0 aliphatic rings. The first-order chi connectivity index (χ1) is 12.5. The number of nitrogens with zero attached hydrogens (tertiary/aromatic N) is 2. The van der Waals surface area contributed by atoms with Gasteiger partial charge in [0.05, 0.1) is 12.3 Å². The fraction of sp³-hybridized carbons (Fsp3) is 0.238. The molecule has 26 heavy (non-hydrogen) atoms. The van der Waals surface area contributed by atoms with Crippen LogP contribution in [-0.4, -0.2) is 14.7 Å². The van der Waals surface area contributed by atoms with Crippen molar-refractivity contribution in [2.45, 2.75) is 25.9 Å². The van der Waals surface area contributed by atoms with E-state index in [2.05, 4.69) is 23.2 Å². The van der Waals surface area contributed by atoms with E-state index in [9.17, 15) is 4.79 Å². The Morgan fingerprint density at radius 2 is 1.81 bits per heavy atom. The Hall–Kier alpha value is -2.92. The smallest absolute Gasteiger partial charge is 0.254 e. The lowest BCUT2D eigenvalue weighted by atomic mass is 9.95. The van der Waals surface area contributed by atoms with Crippen LogP contribution < -0.4 is 11.3 Å². The number of aliphatic hydroxyl groups is 1. The zero-order valence-electron chi connectivity index (χ0n) is 15.0. The minimum Gasteiger partial charge on any atom is -0.392 e. The van der Waals surface area contributed by atoms with Crippen molar-refractivity contribution in [2.24, 2.45) is 7.05 Å². The third kappa shape index (κ3) is 3.83. The molecule has 1 aromatic heterocycles. The molecule has 134 valence electrons. The molecule has 0 aliphatic heterocycles. The van der Waals surface area contributed by atoms with E-state index < -0.39 is 0 Å². The first-order valence-electron chi connectivity index (χ1n) is 8.60. The molecule has 3 rings (SSSR count). The Balaban J connectivity index is 1.83. The molecule has 3 aromatic rings. The number of nitrogens with two attached hydrogens (primary N) is 1. The number of benzene rings is 2. The van der Waals surface area contributed by atoms with Crippen molar-refractivity contribution < 1.29 is 5.11 Å². The maximum Gasteiger partial charge on any atom is 0.254 e. The predicted molar refractivity (Wildman–Crippen MR) is 104 cm³/mol. The summed E-state index contributed by atoms with van der Waals surface area (Å²) in [6.07, 6.45) is 0.766. The highest BCUT2D eigenvalue weighted by atomic mass is 16.3. The van der Waals surface area contributed by atoms with Crippen molar-refractivity contribution in [3.8, 4) is 11.1 Å². The van der Waals surface area contributed by atoms with Gasteiger partial charge in [-0.15, -0.1) is 0 Å². The fourth-order valence-corrected chi connectivity index (χ4v) is 2.97. The molecule has 0 spiro atoms. The molecule has 0 bridgehead atoms. The molecule has 0 amide bonds. The third-order valence-corrected chi connectivity index (χ3v) is 4.63. The van der Waals surface area contributed by atoms with Crippen LogP contribution in [0.5, 0.6) is 0 Å². The molecule has 0 saturated heterocycles. The van der Waals surface area contributed by atoms with Crippen molar-refractivity contribution in [3.05, 3.63) is 81.8 Å². The lowest BCUT2D eigenvalue weighted by molar-refractivity contribution is 0.282. The number of rotatable bonds is 5. The standard InChI is InChI=1S/C21H23N3O2/c1-14(19-12-20(26)24(2)21(22)23-19)10-16-4-3-5-18(11-16)17-8-6-15(13-25)7-9-17/h3-9,11-12,14,25H,10,13H2,1-2H3,(H2,22,23)/t14-/m0/s1. The Kier molecular flexibility index (Phi) is 5.19. The number of aromatic nitrogens is 2. The Labute approximate surface area is 152 Å². The normalized spacial score (nSPS) is 12.1. The first kappa shape index (κ1) is 17.9. The zero-order chi connectivity index (χ0) is 18.7. The Morgan fingerprint density at radius 1 is 1.08 bits per heavy atom. The molecular formula is C21H23N3O2. The number of anilines is 1. The third-order valence-electron chi connectivity index (χ3n) is 4.63. The quantitative estimate of drug-likeness (QED) is 0.742. The molecule has 0 unspecified atom stereocenters. The summed E-state index contributed by atoms with van der Waals surface area (Å²) in [5, 5.41) is 9.17. The SMILES string of the molecule is C[C@@H](Cc1cccc(-c2ccc(CO)cc2)c1)c1cc(=O)n(C)c(N)n1. The molecule has 0 aliphatic carbocycles. The molecule has 5 heteroatoms. The Bertz CT molecular complexity index is 962. The maximum atomic E-state index is 11.9. The number of hydrogen-bond acceptors (Lipinski definition) is 4. The van der Waals surface area contributed by atoms with Gasteiger partial charge in [-0.2, -0.15) is 0 Å². The summed E-state index contributed by atoms with van der Waals surface area (Å²) in [6.45, 7) is 2.09. The molecule has 5 nitrogen and oxygen atoms in total. The molecule has 0 fully saturated rings. The van der Waals surface area contributed by atoms with Crippen LogP contribution in [0.2, 0.25) is 0 Å². The highest BCUT2D eigenvalue weighted by molar-refractivity contribution is 5.64. The number of hydrogen-bond donors (Lipinski definition) is 2. The largest absolute Gasteiger partial charge is 0.392 e. The van der Waals surface area contributed by atoms with E-state index in [0.717, 1.165) is 23.1 Å². The Morgan fingerprint density at radius 3 is 2.46 bits per heavy atom. The van der Waals surface area contributed by atoms with Gasteiger partial charge in [0.1, 0.15) is 0 Å². The van der Waals surface area contributed by atoms with Crippen molar-refractivity contribution in [3.63, 3.8) is 0 Å². The van der Waals surface area contributed by atoms with Crippen LogP contribution in [-0.2, 0) is 20.1 Å². The summed E-state index contributed by atoms with van der Waals surface area (Å²) in [6, 6.07) is 17.8. The second-order valence-corrected chi connectivity index (χ2v) is 6.60. The van der Waals surface area contributed by atoms with Gasteiger partial charge in [-0.1, -0.05) is 55.5 Å². The molecule has 0 saturated carbocycles. The van der Waals surface area contributed by atoms with Gasteiger partial charge in [0, 0.05) is 19.0 Å². The van der Waals surface area contributed by atoms with Crippen LogP contribution in [0.4, 0.5) is 5.95 Å². The van der Waals surface area contributed by atoms with Gasteiger partial charge in [0.2, 0.25) is 5.95 Å². The van der Waals surface area contributed by atoms with Gasteiger partial charge < -0.3 is 10.8 Å².